The van der Waals surface area contributed by atoms with Crippen LogP contribution in [0.25, 0.3) is 39.0 Å². The molecule has 2 atom stereocenters. The molecule has 0 bridgehead atoms. The first-order chi connectivity index (χ1) is 25.2. The number of benzene rings is 2. The Balaban J connectivity index is 1.11. The fourth-order valence-corrected chi connectivity index (χ4v) is 7.55. The molecule has 0 aliphatic carbocycles. The Kier molecular flexibility index (Phi) is 10.6. The molecule has 2 saturated heterocycles. The number of rotatable bonds is 13. The second-order valence-corrected chi connectivity index (χ2v) is 14.0. The Morgan fingerprint density at radius 3 is 2.23 bits per heavy atom. The van der Waals surface area contributed by atoms with Crippen molar-refractivity contribution in [3.05, 3.63) is 92.6 Å². The highest BCUT2D eigenvalue weighted by Crippen LogP contribution is 2.42. The first-order valence-corrected chi connectivity index (χ1v) is 18.2. The van der Waals surface area contributed by atoms with Crippen LogP contribution in [0.4, 0.5) is 0 Å². The van der Waals surface area contributed by atoms with Crippen LogP contribution < -0.4 is 31.6 Å². The van der Waals surface area contributed by atoms with Crippen LogP contribution in [-0.4, -0.2) is 63.3 Å². The van der Waals surface area contributed by atoms with Crippen LogP contribution >= 0.6 is 23.2 Å². The van der Waals surface area contributed by atoms with Crippen molar-refractivity contribution in [1.82, 2.24) is 40.4 Å². The molecule has 0 spiro atoms. The van der Waals surface area contributed by atoms with Gasteiger partial charge in [-0.15, -0.1) is 0 Å². The summed E-state index contributed by atoms with van der Waals surface area (Å²) in [5, 5.41) is 18.4. The monoisotopic (exact) mass is 742 g/mol. The van der Waals surface area contributed by atoms with E-state index < -0.39 is 0 Å². The Morgan fingerprint density at radius 2 is 1.54 bits per heavy atom. The summed E-state index contributed by atoms with van der Waals surface area (Å²) in [5.74, 6) is 1.27. The number of methoxy groups -OCH3 is 1. The molecule has 0 unspecified atom stereocenters. The number of pyridine rings is 1. The first kappa shape index (κ1) is 35.6. The smallest absolute Gasteiger partial charge is 0.277 e. The van der Waals surface area contributed by atoms with Crippen molar-refractivity contribution in [2.45, 2.75) is 57.3 Å². The van der Waals surface area contributed by atoms with Gasteiger partial charge in [0.2, 0.25) is 17.7 Å². The van der Waals surface area contributed by atoms with E-state index in [1.807, 2.05) is 54.7 Å². The minimum absolute atomic E-state index is 0.0912. The van der Waals surface area contributed by atoms with Crippen molar-refractivity contribution in [3.8, 4) is 39.4 Å². The van der Waals surface area contributed by atoms with Crippen LogP contribution in [0.3, 0.4) is 0 Å². The summed E-state index contributed by atoms with van der Waals surface area (Å²) in [6, 6.07) is 17.5. The van der Waals surface area contributed by atoms with Gasteiger partial charge in [-0.3, -0.25) is 19.0 Å². The zero-order valence-corrected chi connectivity index (χ0v) is 30.5. The van der Waals surface area contributed by atoms with Crippen molar-refractivity contribution in [3.63, 3.8) is 0 Å². The van der Waals surface area contributed by atoms with E-state index in [0.29, 0.717) is 72.0 Å². The SMILES string of the molecule is COc1nc(-c2cccc(-c3cccc(-c4cc5c(=O)n(C)c(CNCC[C@H]6CCC(=O)N6)nn5c4)c3Cl)c2Cl)ccc1CNC[C@@H]1CCC(=O)N1. The highest BCUT2D eigenvalue weighted by molar-refractivity contribution is 6.39. The molecule has 2 amide bonds. The van der Waals surface area contributed by atoms with Crippen LogP contribution in [-0.2, 0) is 29.7 Å². The molecule has 2 aromatic carbocycles. The number of hydrogen-bond acceptors (Lipinski definition) is 8. The van der Waals surface area contributed by atoms with E-state index in [1.54, 1.807) is 29.3 Å². The maximum Gasteiger partial charge on any atom is 0.277 e. The van der Waals surface area contributed by atoms with E-state index in [0.717, 1.165) is 52.6 Å². The zero-order chi connectivity index (χ0) is 36.4. The number of carbonyl (C=O) groups excluding carboxylic acids is 2. The summed E-state index contributed by atoms with van der Waals surface area (Å²) in [7, 11) is 3.30. The molecule has 2 fully saturated rings. The summed E-state index contributed by atoms with van der Waals surface area (Å²) in [4.78, 5) is 41.2. The maximum absolute atomic E-state index is 13.4. The third-order valence-corrected chi connectivity index (χ3v) is 10.6. The molecule has 0 saturated carbocycles. The Bertz CT molecular complexity index is 2220. The fourth-order valence-electron chi connectivity index (χ4n) is 6.89. The topological polar surface area (TPSA) is 144 Å². The minimum atomic E-state index is -0.170. The molecular weight excluding hydrogens is 703 g/mol. The van der Waals surface area contributed by atoms with E-state index in [4.69, 9.17) is 38.0 Å². The quantitative estimate of drug-likeness (QED) is 0.125. The van der Waals surface area contributed by atoms with Crippen LogP contribution in [0, 0.1) is 0 Å². The Labute approximate surface area is 310 Å². The number of aromatic nitrogens is 4. The van der Waals surface area contributed by atoms with E-state index >= 15 is 0 Å². The van der Waals surface area contributed by atoms with Gasteiger partial charge in [0, 0.05) is 84.6 Å². The summed E-state index contributed by atoms with van der Waals surface area (Å²) >= 11 is 14.2. The van der Waals surface area contributed by atoms with Gasteiger partial charge < -0.3 is 26.0 Å². The minimum Gasteiger partial charge on any atom is -0.481 e. The van der Waals surface area contributed by atoms with Gasteiger partial charge >= 0.3 is 0 Å². The van der Waals surface area contributed by atoms with Crippen LogP contribution in [0.1, 0.15) is 43.5 Å². The van der Waals surface area contributed by atoms with Gasteiger partial charge in [0.05, 0.1) is 29.4 Å². The maximum atomic E-state index is 13.4. The molecule has 0 radical (unpaired) electrons. The van der Waals surface area contributed by atoms with Crippen molar-refractivity contribution in [2.24, 2.45) is 7.05 Å². The van der Waals surface area contributed by atoms with E-state index in [2.05, 4.69) is 21.3 Å². The van der Waals surface area contributed by atoms with Gasteiger partial charge in [0.15, 0.2) is 0 Å². The molecule has 12 nitrogen and oxygen atoms in total. The average molecular weight is 744 g/mol. The third kappa shape index (κ3) is 7.42. The molecule has 4 N–H and O–H groups in total. The summed E-state index contributed by atoms with van der Waals surface area (Å²) < 4.78 is 8.80. The summed E-state index contributed by atoms with van der Waals surface area (Å²) in [5.41, 5.74) is 5.48. The molecule has 3 aromatic heterocycles. The number of hydrogen-bond donors (Lipinski definition) is 4. The molecule has 270 valence electrons. The van der Waals surface area contributed by atoms with Crippen LogP contribution in [0.15, 0.2) is 65.6 Å². The predicted molar refractivity (Wildman–Crippen MR) is 201 cm³/mol. The first-order valence-electron chi connectivity index (χ1n) is 17.4. The largest absolute Gasteiger partial charge is 0.481 e. The van der Waals surface area contributed by atoms with Crippen molar-refractivity contribution >= 4 is 40.5 Å². The molecule has 52 heavy (non-hydrogen) atoms. The van der Waals surface area contributed by atoms with E-state index in [9.17, 15) is 14.4 Å². The highest BCUT2D eigenvalue weighted by atomic mass is 35.5. The Hall–Kier alpha value is -4.75. The molecule has 5 heterocycles. The molecule has 2 aliphatic rings. The van der Waals surface area contributed by atoms with Gasteiger partial charge in [-0.2, -0.15) is 5.10 Å². The van der Waals surface area contributed by atoms with Gasteiger partial charge in [-0.1, -0.05) is 65.7 Å². The summed E-state index contributed by atoms with van der Waals surface area (Å²) in [6.45, 7) is 2.30. The van der Waals surface area contributed by atoms with Crippen LogP contribution in [0.2, 0.25) is 10.0 Å². The molecule has 14 heteroatoms. The van der Waals surface area contributed by atoms with Gasteiger partial charge in [-0.25, -0.2) is 9.50 Å². The number of ether oxygens (including phenoxy) is 1. The fraction of sp³-hybridized carbons (Fsp3) is 0.342. The summed E-state index contributed by atoms with van der Waals surface area (Å²) in [6.07, 6.45) is 5.44. The lowest BCUT2D eigenvalue weighted by Gasteiger charge is -2.15. The lowest BCUT2D eigenvalue weighted by atomic mass is 9.97. The predicted octanol–water partition coefficient (Wildman–Crippen LogP) is 4.87. The number of halogens is 2. The number of nitrogens with one attached hydrogen (secondary N) is 4. The molecule has 5 aromatic rings. The lowest BCUT2D eigenvalue weighted by molar-refractivity contribution is -0.120. The zero-order valence-electron chi connectivity index (χ0n) is 29.0. The second-order valence-electron chi connectivity index (χ2n) is 13.2. The molecule has 2 aliphatic heterocycles. The molecule has 7 rings (SSSR count). The van der Waals surface area contributed by atoms with Gasteiger partial charge in [0.25, 0.3) is 5.56 Å². The second kappa shape index (κ2) is 15.5. The molecular formula is C38H40Cl2N8O4. The number of carbonyl (C=O) groups is 2. The van der Waals surface area contributed by atoms with Crippen molar-refractivity contribution < 1.29 is 14.3 Å². The van der Waals surface area contributed by atoms with Gasteiger partial charge in [-0.05, 0) is 37.9 Å². The van der Waals surface area contributed by atoms with Crippen molar-refractivity contribution in [1.29, 1.82) is 0 Å². The number of fused-ring (bicyclic) bond motifs is 1. The Morgan fingerprint density at radius 1 is 0.865 bits per heavy atom. The third-order valence-electron chi connectivity index (χ3n) is 9.77. The normalized spacial score (nSPS) is 17.2. The lowest BCUT2D eigenvalue weighted by Crippen LogP contribution is -2.35. The highest BCUT2D eigenvalue weighted by Gasteiger charge is 2.22. The van der Waals surface area contributed by atoms with Gasteiger partial charge in [0.1, 0.15) is 11.3 Å². The average Bonchev–Trinajstić information content (AvgIpc) is 3.89. The van der Waals surface area contributed by atoms with Crippen molar-refractivity contribution in [2.75, 3.05) is 20.2 Å². The van der Waals surface area contributed by atoms with Crippen LogP contribution in [0.5, 0.6) is 5.88 Å². The van der Waals surface area contributed by atoms with E-state index in [-0.39, 0.29) is 29.5 Å². The standard InChI is InChI=1S/C38H40Cl2N8O4/c1-47-32(20-41-16-15-24-10-13-33(49)43-24)46-48-21-23(17-31(48)38(47)51)26-5-3-6-27(35(26)39)28-7-4-8-29(36(28)40)30-12-9-22(37(45-30)52-2)18-42-19-25-11-14-34(50)44-25/h3-9,12,17,21,24-25,41-42H,10-11,13-16,18-20H2,1-2H3,(H,43,49)(H,44,50)/t24-,25+/m1/s1. The van der Waals surface area contributed by atoms with E-state index in [1.165, 1.54) is 0 Å². The number of nitrogens with zero attached hydrogens (tertiary/aromatic N) is 4. The number of amides is 2.